The van der Waals surface area contributed by atoms with Gasteiger partial charge in [-0.05, 0) is 82.6 Å². The van der Waals surface area contributed by atoms with Gasteiger partial charge in [-0.3, -0.25) is 9.55 Å². The van der Waals surface area contributed by atoms with Crippen molar-refractivity contribution in [2.45, 2.75) is 0 Å². The monoisotopic (exact) mass is 739 g/mol. The predicted octanol–water partition coefficient (Wildman–Crippen LogP) is 13.4. The topological polar surface area (TPSA) is 48.5 Å². The highest BCUT2D eigenvalue weighted by molar-refractivity contribution is 6.22. The third kappa shape index (κ3) is 5.00. The standard InChI is InChI=1S/C53H33N5/c1-2-13-39(14-3-1)57-47-20-9-7-16-41(47)42-28-25-38(33-50(42)57)37-27-29-48-44(32-37)51-40-15-5-4-12-34(40)26-30-49(51)58(48)53-55-46-19-8-6-17-43(46)52(56-53)36-23-21-35(22-24-36)45-18-10-11-31-54-45/h1-33H. The average molecular weight is 740 g/mol. The number of nitrogens with zero attached hydrogens (tertiary/aromatic N) is 5. The number of hydrogen-bond acceptors (Lipinski definition) is 3. The van der Waals surface area contributed by atoms with Gasteiger partial charge in [0, 0.05) is 49.9 Å². The smallest absolute Gasteiger partial charge is 0.235 e. The first-order chi connectivity index (χ1) is 28.8. The summed E-state index contributed by atoms with van der Waals surface area (Å²) in [6.45, 7) is 0. The Morgan fingerprint density at radius 3 is 1.88 bits per heavy atom. The van der Waals surface area contributed by atoms with Crippen LogP contribution in [0.2, 0.25) is 0 Å². The van der Waals surface area contributed by atoms with Crippen LogP contribution in [0.15, 0.2) is 200 Å². The number of fused-ring (bicyclic) bond motifs is 9. The molecule has 12 aromatic rings. The van der Waals surface area contributed by atoms with Crippen LogP contribution in [0.1, 0.15) is 0 Å². The molecule has 0 radical (unpaired) electrons. The summed E-state index contributed by atoms with van der Waals surface area (Å²) in [5, 5.41) is 8.24. The Morgan fingerprint density at radius 1 is 0.362 bits per heavy atom. The zero-order chi connectivity index (χ0) is 38.2. The highest BCUT2D eigenvalue weighted by Crippen LogP contribution is 2.41. The Hall–Kier alpha value is -7.89. The van der Waals surface area contributed by atoms with Crippen LogP contribution in [0, 0.1) is 0 Å². The summed E-state index contributed by atoms with van der Waals surface area (Å²) in [6.07, 6.45) is 1.83. The van der Waals surface area contributed by atoms with Crippen LogP contribution in [-0.4, -0.2) is 24.1 Å². The molecular weight excluding hydrogens is 707 g/mol. The molecule has 0 atom stereocenters. The quantitative estimate of drug-likeness (QED) is 0.177. The highest BCUT2D eigenvalue weighted by Gasteiger charge is 2.20. The van der Waals surface area contributed by atoms with Crippen molar-refractivity contribution in [3.8, 4) is 45.3 Å². The van der Waals surface area contributed by atoms with E-state index in [1.807, 2.05) is 30.5 Å². The molecule has 0 saturated carbocycles. The first kappa shape index (κ1) is 32.4. The first-order valence-electron chi connectivity index (χ1n) is 19.6. The predicted molar refractivity (Wildman–Crippen MR) is 240 cm³/mol. The molecular formula is C53H33N5. The molecule has 58 heavy (non-hydrogen) atoms. The van der Waals surface area contributed by atoms with Crippen LogP contribution in [0.25, 0.3) is 111 Å². The van der Waals surface area contributed by atoms with Gasteiger partial charge in [0.1, 0.15) is 0 Å². The van der Waals surface area contributed by atoms with E-state index in [1.165, 1.54) is 38.0 Å². The van der Waals surface area contributed by atoms with E-state index in [2.05, 4.69) is 184 Å². The molecule has 0 saturated heterocycles. The molecule has 4 heterocycles. The van der Waals surface area contributed by atoms with Gasteiger partial charge in [-0.2, -0.15) is 0 Å². The van der Waals surface area contributed by atoms with Gasteiger partial charge in [0.15, 0.2) is 0 Å². The molecule has 0 N–H and O–H groups in total. The minimum atomic E-state index is 0.638. The minimum Gasteiger partial charge on any atom is -0.309 e. The Balaban J connectivity index is 1.08. The molecule has 12 rings (SSSR count). The number of aromatic nitrogens is 5. The maximum Gasteiger partial charge on any atom is 0.235 e. The van der Waals surface area contributed by atoms with Gasteiger partial charge in [-0.1, -0.05) is 133 Å². The van der Waals surface area contributed by atoms with E-state index in [0.29, 0.717) is 5.95 Å². The van der Waals surface area contributed by atoms with Crippen molar-refractivity contribution in [2.24, 2.45) is 0 Å². The largest absolute Gasteiger partial charge is 0.309 e. The third-order valence-electron chi connectivity index (χ3n) is 11.6. The lowest BCUT2D eigenvalue weighted by Crippen LogP contribution is -2.03. The van der Waals surface area contributed by atoms with E-state index in [9.17, 15) is 0 Å². The lowest BCUT2D eigenvalue weighted by molar-refractivity contribution is 1.01. The molecule has 0 fully saturated rings. The maximum absolute atomic E-state index is 5.40. The summed E-state index contributed by atoms with van der Waals surface area (Å²) in [5.74, 6) is 0.638. The van der Waals surface area contributed by atoms with Crippen LogP contribution in [-0.2, 0) is 0 Å². The van der Waals surface area contributed by atoms with E-state index in [0.717, 1.165) is 66.7 Å². The highest BCUT2D eigenvalue weighted by atomic mass is 15.2. The van der Waals surface area contributed by atoms with Crippen molar-refractivity contribution in [2.75, 3.05) is 0 Å². The second-order valence-electron chi connectivity index (χ2n) is 14.8. The van der Waals surface area contributed by atoms with Gasteiger partial charge in [0.2, 0.25) is 5.95 Å². The molecule has 4 aromatic heterocycles. The number of para-hydroxylation sites is 3. The summed E-state index contributed by atoms with van der Waals surface area (Å²) in [4.78, 5) is 15.2. The SMILES string of the molecule is c1ccc(-n2c3ccccc3c3ccc(-c4ccc5c(c4)c4c6ccccc6ccc4n5-c4nc(-c5ccc(-c6ccccn6)cc5)c5ccccc5n4)cc32)cc1. The van der Waals surface area contributed by atoms with Crippen LogP contribution in [0.5, 0.6) is 0 Å². The molecule has 0 aliphatic rings. The molecule has 0 unspecified atom stereocenters. The van der Waals surface area contributed by atoms with Gasteiger partial charge in [0.25, 0.3) is 0 Å². The van der Waals surface area contributed by atoms with Crippen LogP contribution >= 0.6 is 0 Å². The molecule has 5 nitrogen and oxygen atoms in total. The fourth-order valence-electron chi connectivity index (χ4n) is 8.91. The summed E-state index contributed by atoms with van der Waals surface area (Å²) < 4.78 is 4.63. The molecule has 0 amide bonds. The van der Waals surface area contributed by atoms with Crippen LogP contribution in [0.3, 0.4) is 0 Å². The normalized spacial score (nSPS) is 11.8. The second-order valence-corrected chi connectivity index (χ2v) is 14.8. The van der Waals surface area contributed by atoms with Crippen LogP contribution in [0.4, 0.5) is 0 Å². The Labute approximate surface area is 333 Å². The minimum absolute atomic E-state index is 0.638. The Bertz CT molecular complexity index is 3550. The van der Waals surface area contributed by atoms with E-state index in [-0.39, 0.29) is 0 Å². The summed E-state index contributed by atoms with van der Waals surface area (Å²) in [5.41, 5.74) is 12.8. The van der Waals surface area contributed by atoms with Crippen molar-refractivity contribution < 1.29 is 0 Å². The maximum atomic E-state index is 5.40. The lowest BCUT2D eigenvalue weighted by atomic mass is 9.99. The molecule has 0 bridgehead atoms. The van der Waals surface area contributed by atoms with Gasteiger partial charge >= 0.3 is 0 Å². The average Bonchev–Trinajstić information content (AvgIpc) is 3.82. The van der Waals surface area contributed by atoms with Gasteiger partial charge < -0.3 is 4.57 Å². The first-order valence-corrected chi connectivity index (χ1v) is 19.6. The molecule has 0 aliphatic heterocycles. The molecule has 8 aromatic carbocycles. The summed E-state index contributed by atoms with van der Waals surface area (Å²) in [7, 11) is 0. The zero-order valence-corrected chi connectivity index (χ0v) is 31.3. The fraction of sp³-hybridized carbons (Fsp3) is 0. The number of rotatable bonds is 5. The van der Waals surface area contributed by atoms with E-state index >= 15 is 0 Å². The lowest BCUT2D eigenvalue weighted by Gasteiger charge is -2.12. The van der Waals surface area contributed by atoms with Gasteiger partial charge in [0.05, 0.1) is 39.0 Å². The zero-order valence-electron chi connectivity index (χ0n) is 31.3. The second kappa shape index (κ2) is 12.8. The Kier molecular flexibility index (Phi) is 7.16. The molecule has 0 spiro atoms. The van der Waals surface area contributed by atoms with Crippen molar-refractivity contribution in [1.82, 2.24) is 24.1 Å². The Morgan fingerprint density at radius 2 is 1.02 bits per heavy atom. The fourth-order valence-corrected chi connectivity index (χ4v) is 8.91. The third-order valence-corrected chi connectivity index (χ3v) is 11.6. The number of hydrogen-bond donors (Lipinski definition) is 0. The summed E-state index contributed by atoms with van der Waals surface area (Å²) >= 11 is 0. The number of benzene rings is 8. The summed E-state index contributed by atoms with van der Waals surface area (Å²) in [6, 6.07) is 69.0. The van der Waals surface area contributed by atoms with Crippen molar-refractivity contribution in [3.63, 3.8) is 0 Å². The van der Waals surface area contributed by atoms with Crippen LogP contribution < -0.4 is 0 Å². The van der Waals surface area contributed by atoms with Crippen molar-refractivity contribution in [3.05, 3.63) is 200 Å². The van der Waals surface area contributed by atoms with Gasteiger partial charge in [-0.25, -0.2) is 9.97 Å². The van der Waals surface area contributed by atoms with Crippen molar-refractivity contribution >= 4 is 65.3 Å². The van der Waals surface area contributed by atoms with Crippen molar-refractivity contribution in [1.29, 1.82) is 0 Å². The van der Waals surface area contributed by atoms with E-state index < -0.39 is 0 Å². The van der Waals surface area contributed by atoms with E-state index in [4.69, 9.17) is 9.97 Å². The molecule has 0 aliphatic carbocycles. The van der Waals surface area contributed by atoms with E-state index in [1.54, 1.807) is 0 Å². The molecule has 5 heteroatoms. The van der Waals surface area contributed by atoms with Gasteiger partial charge in [-0.15, -0.1) is 0 Å². The number of pyridine rings is 1. The molecule has 270 valence electrons.